The lowest BCUT2D eigenvalue weighted by molar-refractivity contribution is 0.458. The number of halogens is 1. The maximum Gasteiger partial charge on any atom is 0.191 e. The van der Waals surface area contributed by atoms with Crippen LogP contribution in [0, 0.1) is 0 Å². The third-order valence-corrected chi connectivity index (χ3v) is 3.17. The van der Waals surface area contributed by atoms with Gasteiger partial charge < -0.3 is 10.6 Å². The Morgan fingerprint density at radius 1 is 1.24 bits per heavy atom. The van der Waals surface area contributed by atoms with Crippen LogP contribution in [0.5, 0.6) is 0 Å². The van der Waals surface area contributed by atoms with Crippen LogP contribution in [0.1, 0.15) is 19.4 Å². The lowest BCUT2D eigenvalue weighted by Crippen LogP contribution is -2.37. The Kier molecular flexibility index (Phi) is 7.21. The van der Waals surface area contributed by atoms with Crippen molar-refractivity contribution in [3.63, 3.8) is 0 Å². The van der Waals surface area contributed by atoms with Crippen LogP contribution < -0.4 is 5.73 Å². The van der Waals surface area contributed by atoms with E-state index in [9.17, 15) is 0 Å². The predicted octanol–water partition coefficient (Wildman–Crippen LogP) is 2.65. The Morgan fingerprint density at radius 2 is 1.90 bits per heavy atom. The van der Waals surface area contributed by atoms with E-state index in [-0.39, 0.29) is 24.0 Å². The summed E-state index contributed by atoms with van der Waals surface area (Å²) in [5, 5.41) is 4.34. The molecule has 0 saturated carbocycles. The van der Waals surface area contributed by atoms with Crippen molar-refractivity contribution in [2.75, 3.05) is 13.1 Å². The van der Waals surface area contributed by atoms with Crippen molar-refractivity contribution >= 4 is 29.9 Å². The van der Waals surface area contributed by atoms with Crippen LogP contribution in [-0.2, 0) is 6.54 Å². The second-order valence-electron chi connectivity index (χ2n) is 4.48. The van der Waals surface area contributed by atoms with E-state index in [0.717, 1.165) is 24.3 Å². The van der Waals surface area contributed by atoms with Crippen LogP contribution in [0.3, 0.4) is 0 Å². The third kappa shape index (κ3) is 4.73. The molecule has 0 bridgehead atoms. The number of nitrogens with zero attached hydrogens (tertiary/aromatic N) is 4. The van der Waals surface area contributed by atoms with E-state index in [0.29, 0.717) is 12.5 Å². The van der Waals surface area contributed by atoms with Gasteiger partial charge in [0.2, 0.25) is 0 Å². The Balaban J connectivity index is 0.00000220. The molecule has 2 rings (SSSR count). The molecule has 0 atom stereocenters. The molecule has 2 N–H and O–H groups in total. The van der Waals surface area contributed by atoms with E-state index in [1.165, 1.54) is 0 Å². The van der Waals surface area contributed by atoms with E-state index < -0.39 is 0 Å². The summed E-state index contributed by atoms with van der Waals surface area (Å²) in [5.41, 5.74) is 8.04. The van der Waals surface area contributed by atoms with Gasteiger partial charge in [-0.3, -0.25) is 0 Å². The van der Waals surface area contributed by atoms with Crippen molar-refractivity contribution in [1.82, 2.24) is 14.7 Å². The van der Waals surface area contributed by atoms with Gasteiger partial charge in [0.1, 0.15) is 0 Å². The Labute approximate surface area is 142 Å². The Morgan fingerprint density at radius 3 is 2.52 bits per heavy atom. The highest BCUT2D eigenvalue weighted by Crippen LogP contribution is 2.08. The molecule has 21 heavy (non-hydrogen) atoms. The molecule has 2 aromatic rings. The highest BCUT2D eigenvalue weighted by Gasteiger charge is 2.03. The first-order valence-corrected chi connectivity index (χ1v) is 6.88. The molecule has 5 nitrogen and oxygen atoms in total. The molecule has 6 heteroatoms. The molecule has 0 aliphatic carbocycles. The van der Waals surface area contributed by atoms with Gasteiger partial charge >= 0.3 is 0 Å². The van der Waals surface area contributed by atoms with Crippen LogP contribution in [0.25, 0.3) is 5.69 Å². The maximum absolute atomic E-state index is 5.95. The van der Waals surface area contributed by atoms with Gasteiger partial charge in [-0.2, -0.15) is 5.10 Å². The molecule has 0 saturated heterocycles. The highest BCUT2D eigenvalue weighted by molar-refractivity contribution is 14.0. The Hall–Kier alpha value is -1.57. The average Bonchev–Trinajstić information content (AvgIpc) is 2.96. The molecule has 0 radical (unpaired) electrons. The van der Waals surface area contributed by atoms with Crippen LogP contribution in [0.15, 0.2) is 47.7 Å². The van der Waals surface area contributed by atoms with Crippen LogP contribution in [0.2, 0.25) is 0 Å². The minimum atomic E-state index is 0. The van der Waals surface area contributed by atoms with Crippen molar-refractivity contribution in [1.29, 1.82) is 0 Å². The molecule has 0 amide bonds. The van der Waals surface area contributed by atoms with Crippen LogP contribution >= 0.6 is 24.0 Å². The van der Waals surface area contributed by atoms with Crippen LogP contribution in [-0.4, -0.2) is 33.7 Å². The standard InChI is InChI=1S/C15H21N5.HI/c1-3-19(4-2)15(16)17-10-13-11-18-20(12-13)14-8-6-5-7-9-14;/h5-9,11-12H,3-4,10H2,1-2H3,(H2,16,17);1H. The van der Waals surface area contributed by atoms with Gasteiger partial charge in [-0.25, -0.2) is 9.67 Å². The zero-order valence-corrected chi connectivity index (χ0v) is 14.8. The quantitative estimate of drug-likeness (QED) is 0.478. The summed E-state index contributed by atoms with van der Waals surface area (Å²) in [6, 6.07) is 10.0. The second-order valence-corrected chi connectivity index (χ2v) is 4.48. The molecular weight excluding hydrogens is 377 g/mol. The van der Waals surface area contributed by atoms with Crippen molar-refractivity contribution in [2.45, 2.75) is 20.4 Å². The zero-order valence-electron chi connectivity index (χ0n) is 12.4. The summed E-state index contributed by atoms with van der Waals surface area (Å²) in [7, 11) is 0. The van der Waals surface area contributed by atoms with Gasteiger partial charge in [0.15, 0.2) is 5.96 Å². The molecule has 0 unspecified atom stereocenters. The maximum atomic E-state index is 5.95. The van der Waals surface area contributed by atoms with Gasteiger partial charge in [0.05, 0.1) is 18.4 Å². The zero-order chi connectivity index (χ0) is 14.4. The summed E-state index contributed by atoms with van der Waals surface area (Å²) in [6.45, 7) is 6.43. The summed E-state index contributed by atoms with van der Waals surface area (Å²) in [4.78, 5) is 6.44. The molecule has 1 aromatic carbocycles. The van der Waals surface area contributed by atoms with Crippen molar-refractivity contribution in [3.05, 3.63) is 48.3 Å². The van der Waals surface area contributed by atoms with Crippen molar-refractivity contribution in [3.8, 4) is 5.69 Å². The van der Waals surface area contributed by atoms with E-state index in [1.54, 1.807) is 0 Å². The molecule has 0 spiro atoms. The van der Waals surface area contributed by atoms with Gasteiger partial charge in [-0.15, -0.1) is 24.0 Å². The second kappa shape index (κ2) is 8.66. The van der Waals surface area contributed by atoms with Crippen molar-refractivity contribution < 1.29 is 0 Å². The summed E-state index contributed by atoms with van der Waals surface area (Å²) >= 11 is 0. The van der Waals surface area contributed by atoms with E-state index in [2.05, 4.69) is 23.9 Å². The lowest BCUT2D eigenvalue weighted by Gasteiger charge is -2.19. The van der Waals surface area contributed by atoms with E-state index in [4.69, 9.17) is 5.73 Å². The van der Waals surface area contributed by atoms with E-state index >= 15 is 0 Å². The van der Waals surface area contributed by atoms with Crippen molar-refractivity contribution in [2.24, 2.45) is 10.7 Å². The first-order chi connectivity index (χ1) is 9.74. The topological polar surface area (TPSA) is 59.4 Å². The summed E-state index contributed by atoms with van der Waals surface area (Å²) in [6.07, 6.45) is 3.81. The molecule has 1 aromatic heterocycles. The third-order valence-electron chi connectivity index (χ3n) is 3.17. The summed E-state index contributed by atoms with van der Waals surface area (Å²) in [5.74, 6) is 0.586. The lowest BCUT2D eigenvalue weighted by atomic mass is 10.3. The fraction of sp³-hybridized carbons (Fsp3) is 0.333. The number of rotatable bonds is 5. The number of guanidine groups is 1. The fourth-order valence-corrected chi connectivity index (χ4v) is 1.98. The highest BCUT2D eigenvalue weighted by atomic mass is 127. The number of benzene rings is 1. The van der Waals surface area contributed by atoms with Crippen LogP contribution in [0.4, 0.5) is 0 Å². The first kappa shape index (κ1) is 17.5. The number of aliphatic imine (C=N–C) groups is 1. The minimum Gasteiger partial charge on any atom is -0.370 e. The number of hydrogen-bond donors (Lipinski definition) is 1. The smallest absolute Gasteiger partial charge is 0.191 e. The number of hydrogen-bond acceptors (Lipinski definition) is 2. The number of para-hydroxylation sites is 1. The molecular formula is C15H22IN5. The largest absolute Gasteiger partial charge is 0.370 e. The van der Waals surface area contributed by atoms with E-state index in [1.807, 2.05) is 52.3 Å². The van der Waals surface area contributed by atoms with Gasteiger partial charge in [-0.1, -0.05) is 18.2 Å². The molecule has 0 fully saturated rings. The SMILES string of the molecule is CCN(CC)C(N)=NCc1cnn(-c2ccccc2)c1.I. The fourth-order valence-electron chi connectivity index (χ4n) is 1.98. The minimum absolute atomic E-state index is 0. The van der Waals surface area contributed by atoms with Gasteiger partial charge in [-0.05, 0) is 26.0 Å². The van der Waals surface area contributed by atoms with Gasteiger partial charge in [0.25, 0.3) is 0 Å². The molecule has 1 heterocycles. The Bertz CT molecular complexity index is 560. The summed E-state index contributed by atoms with van der Waals surface area (Å²) < 4.78 is 1.85. The molecule has 0 aliphatic rings. The number of aromatic nitrogens is 2. The monoisotopic (exact) mass is 399 g/mol. The average molecular weight is 399 g/mol. The number of nitrogens with two attached hydrogens (primary N) is 1. The first-order valence-electron chi connectivity index (χ1n) is 6.88. The normalized spacial score (nSPS) is 11.0. The molecule has 114 valence electrons. The molecule has 0 aliphatic heterocycles. The predicted molar refractivity (Wildman–Crippen MR) is 97.2 cm³/mol. The van der Waals surface area contributed by atoms with Gasteiger partial charge in [0, 0.05) is 24.8 Å².